The summed E-state index contributed by atoms with van der Waals surface area (Å²) < 4.78 is 0. The van der Waals surface area contributed by atoms with Gasteiger partial charge in [0.2, 0.25) is 41.4 Å². The number of guanidine groups is 2. The van der Waals surface area contributed by atoms with Crippen molar-refractivity contribution in [2.45, 2.75) is 180 Å². The lowest BCUT2D eigenvalue weighted by molar-refractivity contribution is -0.147. The molecule has 0 aromatic carbocycles. The molecule has 0 bridgehead atoms. The molecule has 1 aliphatic carbocycles. The van der Waals surface area contributed by atoms with E-state index < -0.39 is 131 Å². The van der Waals surface area contributed by atoms with Crippen LogP contribution in [0.15, 0.2) is 9.98 Å². The van der Waals surface area contributed by atoms with E-state index >= 15 is 0 Å². The van der Waals surface area contributed by atoms with Gasteiger partial charge in [-0.05, 0) is 76.9 Å². The first-order valence-electron chi connectivity index (χ1n) is 24.7. The third-order valence-electron chi connectivity index (χ3n) is 12.7. The number of nitrogens with two attached hydrogens (primary N) is 5. The summed E-state index contributed by atoms with van der Waals surface area (Å²) in [5.41, 5.74) is 25.5. The van der Waals surface area contributed by atoms with Gasteiger partial charge in [-0.2, -0.15) is 12.6 Å². The number of Topliss-reactive ketones (excluding diaryl/α,β-unsaturated/α-hetero) is 2. The Morgan fingerprint density at radius 1 is 0.625 bits per heavy atom. The Hall–Kier alpha value is -6.05. The second kappa shape index (κ2) is 32.1. The number of carbonyl (C=O) groups is 10. The Balaban J connectivity index is 3.62. The molecular weight excluding hydrogens is 957 g/mol. The van der Waals surface area contributed by atoms with Gasteiger partial charge in [-0.3, -0.25) is 57.9 Å². The van der Waals surface area contributed by atoms with Crippen molar-refractivity contribution in [1.29, 1.82) is 0 Å². The standard InChI is InChI=1S/C46H82N14O11S/c1-8-24(3)35(59-40(68)30(17-13-20-52-44(48)49)56-39(67)28(7)55-38(66)27(6)54-37(65)26(5)47)43(71)58-32(23-34(62)63)41(69)57-31(18-14-21-53-45(50)51)42(70)60-46(25(4)9-2,33(61)19-22-72)36(64)29-15-11-10-12-16-29/h24-32,35,72H,8-23,47H2,1-7H3,(H,54,65)(H,55,66)(H,56,67)(H,57,69)(H,58,71)(H,59,68)(H,60,70)(H,62,63)(H4,48,49,52)(H4,50,51,53)/t24-,25-,26-,27-,28-,30-,31-,32-,35-,46+/m0/s1. The second-order valence-corrected chi connectivity index (χ2v) is 18.9. The summed E-state index contributed by atoms with van der Waals surface area (Å²) in [6.07, 6.45) is 2.96. The predicted octanol–water partition coefficient (Wildman–Crippen LogP) is -2.15. The van der Waals surface area contributed by atoms with Crippen molar-refractivity contribution in [3.8, 4) is 0 Å². The quantitative estimate of drug-likeness (QED) is 0.0110. The van der Waals surface area contributed by atoms with Crippen LogP contribution in [0.2, 0.25) is 0 Å². The SMILES string of the molecule is CC[C@H](C)[C@H](NC(=O)[C@H](CCCN=C(N)N)NC(=O)[C@H](C)NC(=O)[C@H](C)NC(=O)[C@H](C)N)C(=O)N[C@@H](CC(=O)O)C(=O)N[C@@H](CCCN=C(N)N)C(=O)N[C@](C(=O)CCS)(C(=O)C1CCCCC1)[C@@H](C)CC. The predicted molar refractivity (Wildman–Crippen MR) is 273 cm³/mol. The second-order valence-electron chi connectivity index (χ2n) is 18.5. The maximum Gasteiger partial charge on any atom is 0.305 e. The Kier molecular flexibility index (Phi) is 28.5. The Morgan fingerprint density at radius 3 is 1.57 bits per heavy atom. The first-order valence-corrected chi connectivity index (χ1v) is 25.3. The lowest BCUT2D eigenvalue weighted by Crippen LogP contribution is -2.68. The van der Waals surface area contributed by atoms with E-state index in [2.05, 4.69) is 59.8 Å². The van der Waals surface area contributed by atoms with Crippen LogP contribution in [-0.4, -0.2) is 143 Å². The highest BCUT2D eigenvalue weighted by Crippen LogP contribution is 2.34. The fourth-order valence-electron chi connectivity index (χ4n) is 8.01. The maximum atomic E-state index is 14.5. The topological polar surface area (TPSA) is 430 Å². The Morgan fingerprint density at radius 2 is 1.10 bits per heavy atom. The van der Waals surface area contributed by atoms with E-state index in [-0.39, 0.29) is 69.3 Å². The number of hydrogen-bond acceptors (Lipinski definition) is 14. The molecule has 0 aromatic heterocycles. The molecule has 0 spiro atoms. The number of aliphatic imine (C=N–C) groups is 2. The highest BCUT2D eigenvalue weighted by atomic mass is 32.1. The molecule has 0 saturated heterocycles. The summed E-state index contributed by atoms with van der Waals surface area (Å²) >= 11 is 4.25. The van der Waals surface area contributed by atoms with Crippen LogP contribution in [0.25, 0.3) is 0 Å². The van der Waals surface area contributed by atoms with Crippen LogP contribution in [-0.2, 0) is 47.9 Å². The van der Waals surface area contributed by atoms with Gasteiger partial charge in [0.1, 0.15) is 36.3 Å². The average molecular weight is 1040 g/mol. The maximum absolute atomic E-state index is 14.5. The van der Waals surface area contributed by atoms with E-state index in [9.17, 15) is 53.1 Å². The average Bonchev–Trinajstić information content (AvgIpc) is 3.32. The number of amides is 7. The van der Waals surface area contributed by atoms with E-state index in [4.69, 9.17) is 28.7 Å². The molecule has 1 fully saturated rings. The fourth-order valence-corrected chi connectivity index (χ4v) is 8.22. The number of ketones is 2. The van der Waals surface area contributed by atoms with Gasteiger partial charge in [-0.25, -0.2) is 0 Å². The Labute approximate surface area is 427 Å². The number of aliphatic carboxylic acids is 1. The molecule has 25 nitrogen and oxygen atoms in total. The summed E-state index contributed by atoms with van der Waals surface area (Å²) in [4.78, 5) is 144. The summed E-state index contributed by atoms with van der Waals surface area (Å²) in [7, 11) is 0. The molecule has 0 unspecified atom stereocenters. The van der Waals surface area contributed by atoms with Crippen molar-refractivity contribution >= 4 is 83.4 Å². The van der Waals surface area contributed by atoms with Crippen LogP contribution >= 0.6 is 12.6 Å². The molecule has 10 atom stereocenters. The summed E-state index contributed by atoms with van der Waals surface area (Å²) in [6.45, 7) is 11.0. The molecule has 1 saturated carbocycles. The van der Waals surface area contributed by atoms with Crippen LogP contribution < -0.4 is 65.9 Å². The number of hydrogen-bond donors (Lipinski definition) is 14. The number of nitrogens with one attached hydrogen (secondary N) is 7. The molecule has 26 heteroatoms. The largest absolute Gasteiger partial charge is 0.481 e. The first-order chi connectivity index (χ1) is 33.8. The van der Waals surface area contributed by atoms with Gasteiger partial charge in [0, 0.05) is 25.4 Å². The van der Waals surface area contributed by atoms with Crippen LogP contribution in [0.3, 0.4) is 0 Å². The van der Waals surface area contributed by atoms with Gasteiger partial charge in [0.25, 0.3) is 0 Å². The number of carbonyl (C=O) groups excluding carboxylic acids is 9. The van der Waals surface area contributed by atoms with Gasteiger partial charge < -0.3 is 71.0 Å². The van der Waals surface area contributed by atoms with Gasteiger partial charge in [0.15, 0.2) is 29.0 Å². The van der Waals surface area contributed by atoms with Gasteiger partial charge >= 0.3 is 5.97 Å². The molecule has 0 aliphatic heterocycles. The van der Waals surface area contributed by atoms with E-state index in [1.807, 2.05) is 0 Å². The third-order valence-corrected chi connectivity index (χ3v) is 12.9. The number of rotatable bonds is 33. The van der Waals surface area contributed by atoms with Crippen LogP contribution in [0.4, 0.5) is 0 Å². The number of nitrogens with zero attached hydrogens (tertiary/aromatic N) is 2. The van der Waals surface area contributed by atoms with Crippen molar-refractivity contribution in [3.63, 3.8) is 0 Å². The normalized spacial score (nSPS) is 17.1. The van der Waals surface area contributed by atoms with Crippen molar-refractivity contribution in [1.82, 2.24) is 37.2 Å². The zero-order valence-corrected chi connectivity index (χ0v) is 43.7. The summed E-state index contributed by atoms with van der Waals surface area (Å²) in [5, 5.41) is 27.7. The molecule has 0 aromatic rings. The lowest BCUT2D eigenvalue weighted by atomic mass is 9.69. The van der Waals surface area contributed by atoms with E-state index in [0.29, 0.717) is 19.3 Å². The number of carboxylic acid groups (broad SMARTS) is 1. The van der Waals surface area contributed by atoms with Crippen molar-refractivity contribution in [3.05, 3.63) is 0 Å². The third kappa shape index (κ3) is 21.0. The summed E-state index contributed by atoms with van der Waals surface area (Å²) in [6, 6.07) is -9.37. The fraction of sp³-hybridized carbons (Fsp3) is 0.739. The van der Waals surface area contributed by atoms with Crippen LogP contribution in [0.5, 0.6) is 0 Å². The van der Waals surface area contributed by atoms with Crippen LogP contribution in [0, 0.1) is 17.8 Å². The lowest BCUT2D eigenvalue weighted by Gasteiger charge is -2.41. The van der Waals surface area contributed by atoms with Crippen LogP contribution in [0.1, 0.15) is 132 Å². The number of carboxylic acids is 1. The molecule has 1 aliphatic rings. The zero-order valence-electron chi connectivity index (χ0n) is 42.8. The van der Waals surface area contributed by atoms with Gasteiger partial charge in [-0.1, -0.05) is 59.8 Å². The van der Waals surface area contributed by atoms with E-state index in [1.165, 1.54) is 20.8 Å². The molecule has 7 amide bonds. The number of thiol groups is 1. The van der Waals surface area contributed by atoms with E-state index in [0.717, 1.165) is 19.3 Å². The molecule has 0 heterocycles. The van der Waals surface area contributed by atoms with Crippen molar-refractivity contribution < 1.29 is 53.1 Å². The minimum Gasteiger partial charge on any atom is -0.481 e. The smallest absolute Gasteiger partial charge is 0.305 e. The molecule has 18 N–H and O–H groups in total. The minimum atomic E-state index is -1.98. The van der Waals surface area contributed by atoms with E-state index in [1.54, 1.807) is 27.7 Å². The zero-order chi connectivity index (χ0) is 54.9. The molecule has 1 rings (SSSR count). The molecule has 0 radical (unpaired) electrons. The first kappa shape index (κ1) is 64.0. The highest BCUT2D eigenvalue weighted by Gasteiger charge is 2.52. The van der Waals surface area contributed by atoms with Crippen molar-refractivity contribution in [2.24, 2.45) is 56.4 Å². The minimum absolute atomic E-state index is 0.000415. The van der Waals surface area contributed by atoms with Crippen molar-refractivity contribution in [2.75, 3.05) is 18.8 Å². The Bertz CT molecular complexity index is 1940. The monoisotopic (exact) mass is 1040 g/mol. The highest BCUT2D eigenvalue weighted by molar-refractivity contribution is 7.80. The molecular formula is C46H82N14O11S. The molecule has 408 valence electrons. The molecule has 72 heavy (non-hydrogen) atoms. The summed E-state index contributed by atoms with van der Waals surface area (Å²) in [5.74, 6) is -10.8. The van der Waals surface area contributed by atoms with Gasteiger partial charge in [-0.15, -0.1) is 0 Å². The van der Waals surface area contributed by atoms with Gasteiger partial charge in [0.05, 0.1) is 12.5 Å².